The molecule has 1 N–H and O–H groups in total. The van der Waals surface area contributed by atoms with Crippen LogP contribution in [0.4, 0.5) is 14.9 Å². The second-order valence-corrected chi connectivity index (χ2v) is 8.03. The van der Waals surface area contributed by atoms with Gasteiger partial charge in [0.2, 0.25) is 5.91 Å². The molecule has 0 aliphatic carbocycles. The highest BCUT2D eigenvalue weighted by molar-refractivity contribution is 5.88. The van der Waals surface area contributed by atoms with Crippen LogP contribution in [0.2, 0.25) is 0 Å². The number of benzene rings is 2. The van der Waals surface area contributed by atoms with Crippen LogP contribution in [-0.2, 0) is 27.3 Å². The highest BCUT2D eigenvalue weighted by Crippen LogP contribution is 2.31. The molecule has 0 spiro atoms. The van der Waals surface area contributed by atoms with E-state index in [2.05, 4.69) is 5.32 Å². The quantitative estimate of drug-likeness (QED) is 0.714. The van der Waals surface area contributed by atoms with Gasteiger partial charge in [0, 0.05) is 16.7 Å². The number of nitrogens with one attached hydrogen (secondary N) is 1. The minimum absolute atomic E-state index is 0.103. The Bertz CT molecular complexity index is 1040. The van der Waals surface area contributed by atoms with Crippen LogP contribution < -0.4 is 5.32 Å². The van der Waals surface area contributed by atoms with Crippen LogP contribution in [0.5, 0.6) is 0 Å². The van der Waals surface area contributed by atoms with Crippen molar-refractivity contribution in [2.24, 2.45) is 0 Å². The molecule has 2 amide bonds. The molecule has 1 saturated heterocycles. The lowest BCUT2D eigenvalue weighted by Gasteiger charge is -2.32. The van der Waals surface area contributed by atoms with E-state index in [0.717, 1.165) is 11.6 Å². The molecule has 1 heterocycles. The number of nitrogens with zero attached hydrogens (tertiary/aromatic N) is 1. The summed E-state index contributed by atoms with van der Waals surface area (Å²) in [5, 5.41) is 2.49. The fourth-order valence-corrected chi connectivity index (χ4v) is 3.71. The van der Waals surface area contributed by atoms with E-state index in [-0.39, 0.29) is 30.9 Å². The number of ether oxygens (including phenoxy) is 2. The maximum Gasteiger partial charge on any atom is 0.412 e. The molecule has 1 aliphatic rings. The molecule has 2 aromatic rings. The van der Waals surface area contributed by atoms with Gasteiger partial charge < -0.3 is 14.8 Å². The molecular formula is C24H29FN2O4. The van der Waals surface area contributed by atoms with E-state index in [1.54, 1.807) is 13.8 Å². The predicted molar refractivity (Wildman–Crippen MR) is 116 cm³/mol. The van der Waals surface area contributed by atoms with Crippen molar-refractivity contribution in [3.63, 3.8) is 0 Å². The largest absolute Gasteiger partial charge is 0.444 e. The van der Waals surface area contributed by atoms with Gasteiger partial charge in [-0.2, -0.15) is 0 Å². The fraction of sp³-hybridized carbons (Fsp3) is 0.417. The van der Waals surface area contributed by atoms with Gasteiger partial charge in [0.25, 0.3) is 0 Å². The Morgan fingerprint density at radius 3 is 2.74 bits per heavy atom. The number of carbonyl (C=O) groups excluding carboxylic acids is 2. The van der Waals surface area contributed by atoms with Crippen LogP contribution in [0.3, 0.4) is 0 Å². The second kappa shape index (κ2) is 9.47. The van der Waals surface area contributed by atoms with E-state index in [1.165, 1.54) is 17.9 Å². The number of hydrogen-bond donors (Lipinski definition) is 1. The maximum absolute atomic E-state index is 14.7. The molecule has 6 nitrogen and oxygen atoms in total. The summed E-state index contributed by atoms with van der Waals surface area (Å²) in [5.41, 5.74) is -0.0498. The van der Waals surface area contributed by atoms with Gasteiger partial charge in [0.1, 0.15) is 18.1 Å². The van der Waals surface area contributed by atoms with Crippen molar-refractivity contribution < 1.29 is 27.6 Å². The van der Waals surface area contributed by atoms with Crippen molar-refractivity contribution in [1.29, 1.82) is 0 Å². The van der Waals surface area contributed by atoms with Crippen molar-refractivity contribution >= 4 is 17.7 Å². The molecule has 0 aromatic heterocycles. The molecule has 1 aliphatic heterocycles. The highest BCUT2D eigenvalue weighted by atomic mass is 19.1. The Balaban J connectivity index is 1.79. The van der Waals surface area contributed by atoms with Gasteiger partial charge in [0.15, 0.2) is 0 Å². The van der Waals surface area contributed by atoms with Crippen LogP contribution in [0.1, 0.15) is 48.0 Å². The second-order valence-electron chi connectivity index (χ2n) is 8.03. The van der Waals surface area contributed by atoms with Gasteiger partial charge in [-0.05, 0) is 62.4 Å². The zero-order valence-corrected chi connectivity index (χ0v) is 17.9. The maximum atomic E-state index is 14.7. The fourth-order valence-electron chi connectivity index (χ4n) is 3.71. The van der Waals surface area contributed by atoms with Crippen molar-refractivity contribution in [1.82, 2.24) is 4.90 Å². The van der Waals surface area contributed by atoms with Gasteiger partial charge >= 0.3 is 6.09 Å². The molecule has 2 aromatic carbocycles. The summed E-state index contributed by atoms with van der Waals surface area (Å²) in [6.07, 6.45) is -0.0776. The van der Waals surface area contributed by atoms with E-state index < -0.39 is 42.0 Å². The number of carbonyl (C=O) groups is 2. The lowest BCUT2D eigenvalue weighted by Crippen LogP contribution is -2.48. The van der Waals surface area contributed by atoms with Crippen LogP contribution >= 0.6 is 0 Å². The smallest absolute Gasteiger partial charge is 0.412 e. The normalized spacial score (nSPS) is 19.3. The number of amides is 2. The summed E-state index contributed by atoms with van der Waals surface area (Å²) < 4.78 is 49.3. The van der Waals surface area contributed by atoms with Gasteiger partial charge in [0.05, 0.1) is 12.6 Å². The van der Waals surface area contributed by atoms with Gasteiger partial charge in [-0.25, -0.2) is 9.18 Å². The predicted octanol–water partition coefficient (Wildman–Crippen LogP) is 4.80. The van der Waals surface area contributed by atoms with Gasteiger partial charge in [-0.3, -0.25) is 9.69 Å². The number of halogens is 1. The number of rotatable bonds is 6. The van der Waals surface area contributed by atoms with Crippen LogP contribution in [-0.4, -0.2) is 35.3 Å². The first-order chi connectivity index (χ1) is 15.9. The first kappa shape index (κ1) is 18.8. The molecule has 0 unspecified atom stereocenters. The lowest BCUT2D eigenvalue weighted by molar-refractivity contribution is -0.114. The highest BCUT2D eigenvalue weighted by Gasteiger charge is 2.44. The number of anilines is 1. The zero-order valence-electron chi connectivity index (χ0n) is 20.9. The van der Waals surface area contributed by atoms with Crippen molar-refractivity contribution in [2.75, 3.05) is 11.9 Å². The van der Waals surface area contributed by atoms with Crippen LogP contribution in [0.15, 0.2) is 42.5 Å². The van der Waals surface area contributed by atoms with Gasteiger partial charge in [-0.1, -0.05) is 30.3 Å². The summed E-state index contributed by atoms with van der Waals surface area (Å²) >= 11 is 0. The van der Waals surface area contributed by atoms with Crippen molar-refractivity contribution in [2.45, 2.75) is 58.8 Å². The molecule has 3 rings (SSSR count). The Morgan fingerprint density at radius 1 is 1.32 bits per heavy atom. The Morgan fingerprint density at radius 2 is 2.06 bits per heavy atom. The van der Waals surface area contributed by atoms with E-state index in [1.807, 2.05) is 30.3 Å². The minimum Gasteiger partial charge on any atom is -0.444 e. The average molecular weight is 432 g/mol. The standard InChI is InChI=1S/C24H29FN2O4/c1-16-19(12-20(13-22(16)25)26-17(2)28)10-11-21-15-31-24(3,4)27(21)23(29)30-14-18-8-6-5-7-9-18/h5-9,12-13,21H,10-11,14-15H2,1-4H3,(H,26,28)/t21-/m0/s1/i1D3. The SMILES string of the molecule is [2H]C([2H])([2H])c1c(F)cc(NC(C)=O)cc1CC[C@H]1COC(C)(C)N1C(=O)OCc1ccccc1. The van der Waals surface area contributed by atoms with Gasteiger partial charge in [-0.15, -0.1) is 0 Å². The first-order valence-corrected chi connectivity index (χ1v) is 10.1. The summed E-state index contributed by atoms with van der Waals surface area (Å²) in [4.78, 5) is 25.9. The van der Waals surface area contributed by atoms with E-state index in [4.69, 9.17) is 13.6 Å². The molecule has 1 atom stereocenters. The molecule has 0 radical (unpaired) electrons. The summed E-state index contributed by atoms with van der Waals surface area (Å²) in [5.74, 6) is -1.31. The van der Waals surface area contributed by atoms with E-state index >= 15 is 0 Å². The first-order valence-electron chi connectivity index (χ1n) is 11.6. The summed E-state index contributed by atoms with van der Waals surface area (Å²) in [7, 11) is 0. The zero-order chi connectivity index (χ0) is 25.1. The molecule has 1 fully saturated rings. The van der Waals surface area contributed by atoms with Crippen LogP contribution in [0.25, 0.3) is 0 Å². The lowest BCUT2D eigenvalue weighted by atomic mass is 9.99. The number of hydrogen-bond acceptors (Lipinski definition) is 4. The van der Waals surface area contributed by atoms with E-state index in [9.17, 15) is 14.0 Å². The van der Waals surface area contributed by atoms with Crippen molar-refractivity contribution in [3.05, 3.63) is 65.0 Å². The topological polar surface area (TPSA) is 67.9 Å². The number of aryl methyl sites for hydroxylation is 1. The molecule has 0 bridgehead atoms. The third-order valence-electron chi connectivity index (χ3n) is 5.22. The monoisotopic (exact) mass is 431 g/mol. The van der Waals surface area contributed by atoms with Crippen LogP contribution in [0, 0.1) is 12.7 Å². The third kappa shape index (κ3) is 5.61. The van der Waals surface area contributed by atoms with Crippen molar-refractivity contribution in [3.8, 4) is 0 Å². The molecule has 166 valence electrons. The molecular weight excluding hydrogens is 399 g/mol. The van der Waals surface area contributed by atoms with E-state index in [0.29, 0.717) is 6.42 Å². The minimum atomic E-state index is -2.67. The third-order valence-corrected chi connectivity index (χ3v) is 5.22. The molecule has 0 saturated carbocycles. The Hall–Kier alpha value is -2.93. The molecule has 7 heteroatoms. The summed E-state index contributed by atoms with van der Waals surface area (Å²) in [6, 6.07) is 11.3. The average Bonchev–Trinajstić information content (AvgIpc) is 3.03. The Labute approximate surface area is 186 Å². The Kier molecular flexibility index (Phi) is 5.75. The summed E-state index contributed by atoms with van der Waals surface area (Å²) in [6.45, 7) is 2.44. The molecule has 31 heavy (non-hydrogen) atoms.